The highest BCUT2D eigenvalue weighted by Gasteiger charge is 2.29. The van der Waals surface area contributed by atoms with Gasteiger partial charge in [0.1, 0.15) is 16.5 Å². The zero-order chi connectivity index (χ0) is 26.4. The third kappa shape index (κ3) is 6.43. The van der Waals surface area contributed by atoms with Gasteiger partial charge in [0.15, 0.2) is 0 Å². The molecule has 4 aromatic rings. The van der Waals surface area contributed by atoms with E-state index in [0.717, 1.165) is 41.0 Å². The van der Waals surface area contributed by atoms with Crippen LogP contribution in [0.3, 0.4) is 0 Å². The minimum Gasteiger partial charge on any atom is -0.379 e. The maximum absolute atomic E-state index is 13.9. The first kappa shape index (κ1) is 26.1. The Morgan fingerprint density at radius 2 is 1.30 bits per heavy atom. The molecule has 0 aliphatic carbocycles. The van der Waals surface area contributed by atoms with Gasteiger partial charge in [-0.3, -0.25) is 4.79 Å². The monoisotopic (exact) mass is 517 g/mol. The Morgan fingerprint density at radius 1 is 0.784 bits per heavy atom. The second kappa shape index (κ2) is 11.4. The molecule has 0 N–H and O–H groups in total. The van der Waals surface area contributed by atoms with Crippen LogP contribution in [0.1, 0.15) is 36.5 Å². The smallest absolute Gasteiger partial charge is 0.339 e. The lowest BCUT2D eigenvalue weighted by atomic mass is 9.89. The fourth-order valence-corrected chi connectivity index (χ4v) is 5.00. The SMILES string of the molecule is CC(C)N(Cc1ccc(OS(=O)(=O)c2ccc(F)cc2)cc1)C(=O)C(c1ccccc1)c1ccccc1. The minimum atomic E-state index is -4.10. The average Bonchev–Trinajstić information content (AvgIpc) is 2.89. The van der Waals surface area contributed by atoms with Crippen molar-refractivity contribution in [2.24, 2.45) is 0 Å². The predicted molar refractivity (Wildman–Crippen MR) is 141 cm³/mol. The fourth-order valence-electron chi connectivity index (χ4n) is 4.07. The molecule has 0 saturated heterocycles. The van der Waals surface area contributed by atoms with Crippen molar-refractivity contribution in [3.05, 3.63) is 132 Å². The molecule has 0 unspecified atom stereocenters. The van der Waals surface area contributed by atoms with E-state index in [1.165, 1.54) is 0 Å². The maximum atomic E-state index is 13.9. The molecule has 0 bridgehead atoms. The lowest BCUT2D eigenvalue weighted by molar-refractivity contribution is -0.134. The van der Waals surface area contributed by atoms with Crippen LogP contribution in [-0.2, 0) is 21.5 Å². The van der Waals surface area contributed by atoms with E-state index in [1.807, 2.05) is 79.4 Å². The van der Waals surface area contributed by atoms with Crippen LogP contribution in [0.25, 0.3) is 0 Å². The van der Waals surface area contributed by atoms with E-state index in [-0.39, 0.29) is 22.6 Å². The Labute approximate surface area is 217 Å². The standard InChI is InChI=1S/C30H28FNO4S/c1-22(2)32(30(33)29(24-9-5-3-6-10-24)25-11-7-4-8-12-25)21-23-13-17-27(18-14-23)36-37(34,35)28-19-15-26(31)16-20-28/h3-20,22,29H,21H2,1-2H3. The summed E-state index contributed by atoms with van der Waals surface area (Å²) in [6, 6.07) is 30.3. The summed E-state index contributed by atoms with van der Waals surface area (Å²) in [5.74, 6) is -0.879. The molecule has 0 atom stereocenters. The lowest BCUT2D eigenvalue weighted by Crippen LogP contribution is -2.40. The fraction of sp³-hybridized carbons (Fsp3) is 0.167. The number of amides is 1. The van der Waals surface area contributed by atoms with Crippen molar-refractivity contribution in [2.45, 2.75) is 37.2 Å². The molecule has 1 amide bonds. The molecule has 0 spiro atoms. The normalized spacial score (nSPS) is 11.5. The molecule has 0 aliphatic rings. The number of nitrogens with zero attached hydrogens (tertiary/aromatic N) is 1. The molecule has 4 aromatic carbocycles. The summed E-state index contributed by atoms with van der Waals surface area (Å²) >= 11 is 0. The molecule has 5 nitrogen and oxygen atoms in total. The maximum Gasteiger partial charge on any atom is 0.339 e. The van der Waals surface area contributed by atoms with E-state index in [9.17, 15) is 17.6 Å². The van der Waals surface area contributed by atoms with Crippen LogP contribution in [0.5, 0.6) is 5.75 Å². The second-order valence-corrected chi connectivity index (χ2v) is 10.5. The molecule has 37 heavy (non-hydrogen) atoms. The Bertz CT molecular complexity index is 1380. The van der Waals surface area contributed by atoms with E-state index < -0.39 is 21.9 Å². The topological polar surface area (TPSA) is 63.7 Å². The second-order valence-electron chi connectivity index (χ2n) is 8.95. The molecule has 0 aromatic heterocycles. The molecule has 4 rings (SSSR count). The van der Waals surface area contributed by atoms with Gasteiger partial charge >= 0.3 is 10.1 Å². The zero-order valence-corrected chi connectivity index (χ0v) is 21.4. The molecular weight excluding hydrogens is 489 g/mol. The van der Waals surface area contributed by atoms with Crippen LogP contribution in [-0.4, -0.2) is 25.3 Å². The van der Waals surface area contributed by atoms with E-state index in [4.69, 9.17) is 4.18 Å². The number of hydrogen-bond donors (Lipinski definition) is 0. The van der Waals surface area contributed by atoms with E-state index in [2.05, 4.69) is 0 Å². The van der Waals surface area contributed by atoms with Gasteiger partial charge in [0, 0.05) is 12.6 Å². The Morgan fingerprint density at radius 3 is 1.78 bits per heavy atom. The zero-order valence-electron chi connectivity index (χ0n) is 20.6. The van der Waals surface area contributed by atoms with E-state index in [1.54, 1.807) is 24.3 Å². The van der Waals surface area contributed by atoms with Crippen molar-refractivity contribution in [2.75, 3.05) is 0 Å². The Hall–Kier alpha value is -3.97. The van der Waals surface area contributed by atoms with Gasteiger partial charge in [0.05, 0.1) is 5.92 Å². The first-order chi connectivity index (χ1) is 17.7. The first-order valence-corrected chi connectivity index (χ1v) is 13.3. The number of benzene rings is 4. The summed E-state index contributed by atoms with van der Waals surface area (Å²) in [6.07, 6.45) is 0. The summed E-state index contributed by atoms with van der Waals surface area (Å²) in [7, 11) is -4.10. The van der Waals surface area contributed by atoms with Crippen molar-refractivity contribution in [1.82, 2.24) is 4.90 Å². The summed E-state index contributed by atoms with van der Waals surface area (Å²) in [5.41, 5.74) is 2.66. The van der Waals surface area contributed by atoms with Gasteiger partial charge in [-0.05, 0) is 66.9 Å². The molecule has 7 heteroatoms. The van der Waals surface area contributed by atoms with Crippen LogP contribution in [0.2, 0.25) is 0 Å². The third-order valence-electron chi connectivity index (χ3n) is 6.00. The molecule has 0 saturated carbocycles. The van der Waals surface area contributed by atoms with Gasteiger partial charge in [-0.1, -0.05) is 72.8 Å². The van der Waals surface area contributed by atoms with Crippen LogP contribution in [0.4, 0.5) is 4.39 Å². The van der Waals surface area contributed by atoms with E-state index in [0.29, 0.717) is 6.54 Å². The van der Waals surface area contributed by atoms with Crippen LogP contribution in [0.15, 0.2) is 114 Å². The van der Waals surface area contributed by atoms with Crippen molar-refractivity contribution in [3.63, 3.8) is 0 Å². The molecule has 0 aliphatic heterocycles. The highest BCUT2D eigenvalue weighted by Crippen LogP contribution is 2.29. The molecule has 0 heterocycles. The number of halogens is 1. The van der Waals surface area contributed by atoms with Crippen molar-refractivity contribution < 1.29 is 21.8 Å². The quantitative estimate of drug-likeness (QED) is 0.249. The number of carbonyl (C=O) groups is 1. The van der Waals surface area contributed by atoms with Crippen LogP contribution < -0.4 is 4.18 Å². The summed E-state index contributed by atoms with van der Waals surface area (Å²) in [4.78, 5) is 15.6. The van der Waals surface area contributed by atoms with Crippen LogP contribution in [0, 0.1) is 5.82 Å². The molecule has 0 fully saturated rings. The van der Waals surface area contributed by atoms with Crippen molar-refractivity contribution in [3.8, 4) is 5.75 Å². The number of carbonyl (C=O) groups excluding carboxylic acids is 1. The highest BCUT2D eigenvalue weighted by molar-refractivity contribution is 7.87. The Kier molecular flexibility index (Phi) is 8.04. The summed E-state index contributed by atoms with van der Waals surface area (Å²) in [6.45, 7) is 4.28. The molecule has 0 radical (unpaired) electrons. The summed E-state index contributed by atoms with van der Waals surface area (Å²) < 4.78 is 43.4. The average molecular weight is 518 g/mol. The molecular formula is C30H28FNO4S. The number of hydrogen-bond acceptors (Lipinski definition) is 4. The van der Waals surface area contributed by atoms with Gasteiger partial charge < -0.3 is 9.08 Å². The van der Waals surface area contributed by atoms with Gasteiger partial charge in [-0.2, -0.15) is 8.42 Å². The van der Waals surface area contributed by atoms with Gasteiger partial charge in [-0.15, -0.1) is 0 Å². The van der Waals surface area contributed by atoms with E-state index >= 15 is 0 Å². The van der Waals surface area contributed by atoms with Crippen molar-refractivity contribution in [1.29, 1.82) is 0 Å². The van der Waals surface area contributed by atoms with Gasteiger partial charge in [0.2, 0.25) is 5.91 Å². The Balaban J connectivity index is 1.54. The molecule has 190 valence electrons. The lowest BCUT2D eigenvalue weighted by Gasteiger charge is -2.31. The minimum absolute atomic E-state index is 0.0217. The van der Waals surface area contributed by atoms with Crippen LogP contribution >= 0.6 is 0 Å². The largest absolute Gasteiger partial charge is 0.379 e. The van der Waals surface area contributed by atoms with Gasteiger partial charge in [-0.25, -0.2) is 4.39 Å². The third-order valence-corrected chi connectivity index (χ3v) is 7.27. The first-order valence-electron chi connectivity index (χ1n) is 11.9. The van der Waals surface area contributed by atoms with Gasteiger partial charge in [0.25, 0.3) is 0 Å². The number of rotatable bonds is 9. The predicted octanol–water partition coefficient (Wildman–Crippen LogP) is 6.16. The van der Waals surface area contributed by atoms with Crippen molar-refractivity contribution >= 4 is 16.0 Å². The summed E-state index contributed by atoms with van der Waals surface area (Å²) in [5, 5.41) is 0. The highest BCUT2D eigenvalue weighted by atomic mass is 32.2.